The number of hydrogen-bond acceptors (Lipinski definition) is 2. The molecule has 1 heterocycles. The third-order valence-corrected chi connectivity index (χ3v) is 4.27. The number of aromatic amines is 1. The number of fused-ring (bicyclic) bond motifs is 1. The van der Waals surface area contributed by atoms with Crippen molar-refractivity contribution in [1.29, 1.82) is 0 Å². The van der Waals surface area contributed by atoms with Gasteiger partial charge in [-0.25, -0.2) is 0 Å². The van der Waals surface area contributed by atoms with E-state index in [1.54, 1.807) is 0 Å². The van der Waals surface area contributed by atoms with Gasteiger partial charge in [-0.05, 0) is 44.1 Å². The van der Waals surface area contributed by atoms with Gasteiger partial charge in [0.25, 0.3) is 0 Å². The summed E-state index contributed by atoms with van der Waals surface area (Å²) in [6.07, 6.45) is 11.0. The van der Waals surface area contributed by atoms with E-state index < -0.39 is 0 Å². The van der Waals surface area contributed by atoms with E-state index in [0.717, 1.165) is 12.8 Å². The molecule has 1 fully saturated rings. The minimum Gasteiger partial charge on any atom is -0.320 e. The Morgan fingerprint density at radius 2 is 1.75 bits per heavy atom. The molecule has 0 aromatic carbocycles. The molecule has 0 atom stereocenters. The molecule has 3 heteroatoms. The molecule has 0 radical (unpaired) electrons. The second-order valence-electron chi connectivity index (χ2n) is 5.45. The number of rotatable bonds is 1. The quantitative estimate of drug-likeness (QED) is 0.762. The van der Waals surface area contributed by atoms with Crippen molar-refractivity contribution in [2.24, 2.45) is 5.73 Å². The van der Waals surface area contributed by atoms with Crippen molar-refractivity contribution < 1.29 is 0 Å². The average Bonchev–Trinajstić information content (AvgIpc) is 2.74. The molecule has 2 aliphatic carbocycles. The third kappa shape index (κ3) is 1.58. The van der Waals surface area contributed by atoms with Crippen molar-refractivity contribution >= 4 is 0 Å². The summed E-state index contributed by atoms with van der Waals surface area (Å²) in [5.74, 6) is 0. The molecule has 0 bridgehead atoms. The zero-order valence-electron chi connectivity index (χ0n) is 9.89. The van der Waals surface area contributed by atoms with E-state index in [0.29, 0.717) is 0 Å². The summed E-state index contributed by atoms with van der Waals surface area (Å²) < 4.78 is 0. The summed E-state index contributed by atoms with van der Waals surface area (Å²) >= 11 is 0. The molecule has 2 aliphatic rings. The number of hydrogen-bond donors (Lipinski definition) is 2. The summed E-state index contributed by atoms with van der Waals surface area (Å²) in [5, 5.41) is 7.76. The van der Waals surface area contributed by atoms with E-state index >= 15 is 0 Å². The molecule has 3 N–H and O–H groups in total. The number of nitrogens with one attached hydrogen (secondary N) is 1. The van der Waals surface area contributed by atoms with Gasteiger partial charge in [-0.15, -0.1) is 0 Å². The number of aromatic nitrogens is 2. The van der Waals surface area contributed by atoms with Gasteiger partial charge in [0.15, 0.2) is 0 Å². The summed E-state index contributed by atoms with van der Waals surface area (Å²) in [6, 6.07) is 0. The summed E-state index contributed by atoms with van der Waals surface area (Å²) in [6.45, 7) is 0. The number of aryl methyl sites for hydroxylation is 1. The van der Waals surface area contributed by atoms with Crippen LogP contribution in [0, 0.1) is 0 Å². The van der Waals surface area contributed by atoms with Crippen LogP contribution in [-0.4, -0.2) is 10.2 Å². The van der Waals surface area contributed by atoms with Crippen LogP contribution < -0.4 is 5.73 Å². The van der Waals surface area contributed by atoms with Gasteiger partial charge in [0.2, 0.25) is 0 Å². The van der Waals surface area contributed by atoms with Gasteiger partial charge in [0.1, 0.15) is 0 Å². The maximum atomic E-state index is 6.57. The number of nitrogens with two attached hydrogens (primary N) is 1. The lowest BCUT2D eigenvalue weighted by molar-refractivity contribution is 0.292. The zero-order valence-corrected chi connectivity index (χ0v) is 9.89. The van der Waals surface area contributed by atoms with Crippen molar-refractivity contribution in [2.45, 2.75) is 63.3 Å². The topological polar surface area (TPSA) is 54.7 Å². The van der Waals surface area contributed by atoms with Crippen LogP contribution in [0.2, 0.25) is 0 Å². The van der Waals surface area contributed by atoms with E-state index in [2.05, 4.69) is 10.2 Å². The molecule has 16 heavy (non-hydrogen) atoms. The molecule has 3 rings (SSSR count). The fourth-order valence-electron chi connectivity index (χ4n) is 3.31. The normalized spacial score (nSPS) is 24.1. The van der Waals surface area contributed by atoms with E-state index in [1.807, 2.05) is 0 Å². The minimum atomic E-state index is -0.125. The average molecular weight is 219 g/mol. The monoisotopic (exact) mass is 219 g/mol. The Labute approximate surface area is 96.8 Å². The van der Waals surface area contributed by atoms with Gasteiger partial charge < -0.3 is 5.73 Å². The molecule has 1 saturated carbocycles. The molecule has 0 spiro atoms. The predicted molar refractivity (Wildman–Crippen MR) is 64.2 cm³/mol. The van der Waals surface area contributed by atoms with Gasteiger partial charge in [0, 0.05) is 5.69 Å². The molecule has 0 unspecified atom stereocenters. The second kappa shape index (κ2) is 3.88. The van der Waals surface area contributed by atoms with Crippen LogP contribution in [0.25, 0.3) is 0 Å². The molecule has 3 nitrogen and oxygen atoms in total. The first-order valence-electron chi connectivity index (χ1n) is 6.65. The Hall–Kier alpha value is -0.830. The van der Waals surface area contributed by atoms with Gasteiger partial charge >= 0.3 is 0 Å². The van der Waals surface area contributed by atoms with Crippen molar-refractivity contribution in [1.82, 2.24) is 10.2 Å². The summed E-state index contributed by atoms with van der Waals surface area (Å²) in [7, 11) is 0. The molecule has 0 amide bonds. The van der Waals surface area contributed by atoms with Crippen molar-refractivity contribution in [3.05, 3.63) is 17.0 Å². The molecule has 1 aromatic heterocycles. The third-order valence-electron chi connectivity index (χ3n) is 4.27. The largest absolute Gasteiger partial charge is 0.320 e. The maximum absolute atomic E-state index is 6.57. The van der Waals surface area contributed by atoms with Crippen molar-refractivity contribution in [2.75, 3.05) is 0 Å². The SMILES string of the molecule is NC1(c2n[nH]c3c2CCCC3)CCCCC1. The maximum Gasteiger partial charge on any atom is 0.0855 e. The van der Waals surface area contributed by atoms with E-state index in [1.165, 1.54) is 61.9 Å². The van der Waals surface area contributed by atoms with Gasteiger partial charge in [-0.1, -0.05) is 19.3 Å². The van der Waals surface area contributed by atoms with E-state index in [9.17, 15) is 0 Å². The summed E-state index contributed by atoms with van der Waals surface area (Å²) in [5.41, 5.74) is 10.4. The molecule has 88 valence electrons. The Bertz CT molecular complexity index is 375. The highest BCUT2D eigenvalue weighted by atomic mass is 15.1. The van der Waals surface area contributed by atoms with Crippen LogP contribution in [0.3, 0.4) is 0 Å². The Morgan fingerprint density at radius 1 is 1.00 bits per heavy atom. The second-order valence-corrected chi connectivity index (χ2v) is 5.45. The Kier molecular flexibility index (Phi) is 2.51. The lowest BCUT2D eigenvalue weighted by atomic mass is 9.77. The first kappa shape index (κ1) is 10.3. The first-order chi connectivity index (χ1) is 7.80. The fraction of sp³-hybridized carbons (Fsp3) is 0.769. The Morgan fingerprint density at radius 3 is 2.56 bits per heavy atom. The van der Waals surface area contributed by atoms with Crippen LogP contribution >= 0.6 is 0 Å². The predicted octanol–water partition coefficient (Wildman–Crippen LogP) is 2.41. The fourth-order valence-corrected chi connectivity index (χ4v) is 3.31. The highest BCUT2D eigenvalue weighted by Crippen LogP contribution is 2.37. The minimum absolute atomic E-state index is 0.125. The molecule has 0 saturated heterocycles. The van der Waals surface area contributed by atoms with Gasteiger partial charge in [-0.2, -0.15) is 5.10 Å². The van der Waals surface area contributed by atoms with Crippen molar-refractivity contribution in [3.63, 3.8) is 0 Å². The van der Waals surface area contributed by atoms with Gasteiger partial charge in [0.05, 0.1) is 11.2 Å². The van der Waals surface area contributed by atoms with Gasteiger partial charge in [-0.3, -0.25) is 5.10 Å². The van der Waals surface area contributed by atoms with Crippen LogP contribution in [0.1, 0.15) is 61.9 Å². The van der Waals surface area contributed by atoms with E-state index in [-0.39, 0.29) is 5.54 Å². The molecular formula is C13H21N3. The smallest absolute Gasteiger partial charge is 0.0855 e. The Balaban J connectivity index is 1.95. The van der Waals surface area contributed by atoms with Crippen LogP contribution in [0.5, 0.6) is 0 Å². The van der Waals surface area contributed by atoms with Crippen LogP contribution in [0.15, 0.2) is 0 Å². The standard InChI is InChI=1S/C13H21N3/c14-13(8-4-1-5-9-13)12-10-6-2-3-7-11(10)15-16-12/h1-9,14H2,(H,15,16). The first-order valence-corrected chi connectivity index (χ1v) is 6.65. The highest BCUT2D eigenvalue weighted by Gasteiger charge is 2.35. The van der Waals surface area contributed by atoms with E-state index in [4.69, 9.17) is 5.73 Å². The van der Waals surface area contributed by atoms with Crippen LogP contribution in [-0.2, 0) is 18.4 Å². The molecular weight excluding hydrogens is 198 g/mol. The lowest BCUT2D eigenvalue weighted by Gasteiger charge is -2.33. The summed E-state index contributed by atoms with van der Waals surface area (Å²) in [4.78, 5) is 0. The molecule has 0 aliphatic heterocycles. The zero-order chi connectivity index (χ0) is 11.0. The molecule has 1 aromatic rings. The number of H-pyrrole nitrogens is 1. The highest BCUT2D eigenvalue weighted by molar-refractivity contribution is 5.33. The lowest BCUT2D eigenvalue weighted by Crippen LogP contribution is -2.40. The van der Waals surface area contributed by atoms with Crippen molar-refractivity contribution in [3.8, 4) is 0 Å². The van der Waals surface area contributed by atoms with Crippen LogP contribution in [0.4, 0.5) is 0 Å². The number of nitrogens with zero attached hydrogens (tertiary/aromatic N) is 1.